The van der Waals surface area contributed by atoms with Gasteiger partial charge in [0.25, 0.3) is 5.91 Å². The van der Waals surface area contributed by atoms with E-state index < -0.39 is 0 Å². The molecule has 5 nitrogen and oxygen atoms in total. The maximum absolute atomic E-state index is 12.8. The molecule has 1 aliphatic carbocycles. The Kier molecular flexibility index (Phi) is 5.60. The lowest BCUT2D eigenvalue weighted by Gasteiger charge is -2.35. The molecule has 1 aromatic rings. The minimum absolute atomic E-state index is 0.183. The van der Waals surface area contributed by atoms with Gasteiger partial charge in [-0.15, -0.1) is 11.3 Å². The average molecular weight is 376 g/mol. The van der Waals surface area contributed by atoms with Gasteiger partial charge in [0, 0.05) is 44.1 Å². The van der Waals surface area contributed by atoms with E-state index in [4.69, 9.17) is 0 Å². The smallest absolute Gasteiger partial charge is 0.264 e. The van der Waals surface area contributed by atoms with E-state index >= 15 is 0 Å². The van der Waals surface area contributed by atoms with Crippen LogP contribution in [0.15, 0.2) is 6.07 Å². The van der Waals surface area contributed by atoms with Gasteiger partial charge < -0.3 is 9.80 Å². The van der Waals surface area contributed by atoms with Gasteiger partial charge in [0.1, 0.15) is 0 Å². The van der Waals surface area contributed by atoms with Crippen molar-refractivity contribution in [2.75, 3.05) is 45.8 Å². The Morgan fingerprint density at radius 1 is 0.846 bits per heavy atom. The van der Waals surface area contributed by atoms with Gasteiger partial charge in [-0.3, -0.25) is 14.5 Å². The van der Waals surface area contributed by atoms with Crippen molar-refractivity contribution >= 4 is 23.2 Å². The number of carbonyl (C=O) groups excluding carboxylic acids is 2. The maximum Gasteiger partial charge on any atom is 0.264 e. The molecule has 0 unspecified atom stereocenters. The molecule has 0 spiro atoms. The lowest BCUT2D eigenvalue weighted by Crippen LogP contribution is -2.51. The molecule has 26 heavy (non-hydrogen) atoms. The van der Waals surface area contributed by atoms with Crippen molar-refractivity contribution < 1.29 is 9.59 Å². The molecule has 4 rings (SSSR count). The third kappa shape index (κ3) is 3.96. The zero-order valence-electron chi connectivity index (χ0n) is 15.5. The number of piperazine rings is 1. The van der Waals surface area contributed by atoms with Gasteiger partial charge >= 0.3 is 0 Å². The zero-order valence-corrected chi connectivity index (χ0v) is 16.4. The zero-order chi connectivity index (χ0) is 17.9. The van der Waals surface area contributed by atoms with Crippen LogP contribution < -0.4 is 0 Å². The molecule has 0 aromatic carbocycles. The molecule has 6 heteroatoms. The first-order valence-electron chi connectivity index (χ1n) is 10.1. The highest BCUT2D eigenvalue weighted by atomic mass is 32.1. The standard InChI is InChI=1S/C20H29N3O2S/c24-19(22-8-3-1-2-4-9-22)15-21-10-12-23(13-11-21)20(25)18-14-16-6-5-7-17(16)26-18/h14H,1-13,15H2. The maximum atomic E-state index is 12.8. The number of amides is 2. The second-order valence-electron chi connectivity index (χ2n) is 7.78. The topological polar surface area (TPSA) is 43.9 Å². The molecular formula is C20H29N3O2S. The summed E-state index contributed by atoms with van der Waals surface area (Å²) in [5.41, 5.74) is 1.39. The van der Waals surface area contributed by atoms with E-state index in [1.807, 2.05) is 9.80 Å². The fourth-order valence-electron chi connectivity index (χ4n) is 4.31. The quantitative estimate of drug-likeness (QED) is 0.815. The van der Waals surface area contributed by atoms with E-state index in [1.54, 1.807) is 11.3 Å². The van der Waals surface area contributed by atoms with Crippen LogP contribution in [0.5, 0.6) is 0 Å². The van der Waals surface area contributed by atoms with E-state index in [0.717, 1.165) is 69.8 Å². The second-order valence-corrected chi connectivity index (χ2v) is 8.91. The van der Waals surface area contributed by atoms with Gasteiger partial charge in [0.15, 0.2) is 0 Å². The number of hydrogen-bond donors (Lipinski definition) is 0. The number of aryl methyl sites for hydroxylation is 2. The second kappa shape index (κ2) is 8.09. The summed E-state index contributed by atoms with van der Waals surface area (Å²) in [5.74, 6) is 0.448. The Balaban J connectivity index is 1.26. The predicted molar refractivity (Wildman–Crippen MR) is 104 cm³/mol. The molecule has 0 atom stereocenters. The van der Waals surface area contributed by atoms with Crippen molar-refractivity contribution in [1.82, 2.24) is 14.7 Å². The van der Waals surface area contributed by atoms with Crippen molar-refractivity contribution in [2.45, 2.75) is 44.9 Å². The molecule has 0 N–H and O–H groups in total. The Morgan fingerprint density at radius 3 is 2.27 bits per heavy atom. The predicted octanol–water partition coefficient (Wildman–Crippen LogP) is 2.40. The number of hydrogen-bond acceptors (Lipinski definition) is 4. The van der Waals surface area contributed by atoms with Crippen LogP contribution >= 0.6 is 11.3 Å². The summed E-state index contributed by atoms with van der Waals surface area (Å²) < 4.78 is 0. The van der Waals surface area contributed by atoms with Crippen LogP contribution in [0.3, 0.4) is 0 Å². The molecule has 2 amide bonds. The van der Waals surface area contributed by atoms with Gasteiger partial charge in [-0.2, -0.15) is 0 Å². The van der Waals surface area contributed by atoms with Crippen molar-refractivity contribution in [2.24, 2.45) is 0 Å². The Hall–Kier alpha value is -1.40. The highest BCUT2D eigenvalue weighted by Gasteiger charge is 2.27. The summed E-state index contributed by atoms with van der Waals surface area (Å²) in [6, 6.07) is 2.12. The normalized spacial score (nSPS) is 21.5. The molecular weight excluding hydrogens is 346 g/mol. The van der Waals surface area contributed by atoms with E-state index in [-0.39, 0.29) is 11.8 Å². The first-order valence-corrected chi connectivity index (χ1v) is 10.9. The summed E-state index contributed by atoms with van der Waals surface area (Å²) in [6.07, 6.45) is 8.27. The first kappa shape index (κ1) is 18.0. The number of rotatable bonds is 3. The van der Waals surface area contributed by atoms with Crippen molar-refractivity contribution in [1.29, 1.82) is 0 Å². The van der Waals surface area contributed by atoms with Crippen LogP contribution in [0.1, 0.15) is 52.2 Å². The Bertz CT molecular complexity index is 635. The number of nitrogens with zero attached hydrogens (tertiary/aromatic N) is 3. The minimum atomic E-state index is 0.183. The van der Waals surface area contributed by atoms with E-state index in [9.17, 15) is 9.59 Å². The van der Waals surface area contributed by atoms with Crippen LogP contribution in [0.4, 0.5) is 0 Å². The third-order valence-electron chi connectivity index (χ3n) is 5.93. The van der Waals surface area contributed by atoms with Crippen LogP contribution in [0.25, 0.3) is 0 Å². The van der Waals surface area contributed by atoms with Gasteiger partial charge in [-0.1, -0.05) is 12.8 Å². The van der Waals surface area contributed by atoms with E-state index in [1.165, 1.54) is 29.7 Å². The monoisotopic (exact) mass is 375 g/mol. The molecule has 2 fully saturated rings. The summed E-state index contributed by atoms with van der Waals surface area (Å²) in [7, 11) is 0. The van der Waals surface area contributed by atoms with Crippen molar-refractivity contribution in [3.05, 3.63) is 21.4 Å². The highest BCUT2D eigenvalue weighted by molar-refractivity contribution is 7.14. The molecule has 3 heterocycles. The fraction of sp³-hybridized carbons (Fsp3) is 0.700. The largest absolute Gasteiger partial charge is 0.342 e. The average Bonchev–Trinajstić information content (AvgIpc) is 3.14. The summed E-state index contributed by atoms with van der Waals surface area (Å²) >= 11 is 1.69. The molecule has 0 bridgehead atoms. The molecule has 3 aliphatic rings. The summed E-state index contributed by atoms with van der Waals surface area (Å²) in [6.45, 7) is 5.41. The first-order chi connectivity index (χ1) is 12.7. The van der Waals surface area contributed by atoms with Crippen LogP contribution in [-0.2, 0) is 17.6 Å². The number of fused-ring (bicyclic) bond motifs is 1. The van der Waals surface area contributed by atoms with Crippen LogP contribution in [-0.4, -0.2) is 72.3 Å². The fourth-order valence-corrected chi connectivity index (χ4v) is 5.53. The van der Waals surface area contributed by atoms with Gasteiger partial charge in [0.05, 0.1) is 11.4 Å². The SMILES string of the molecule is O=C(CN1CCN(C(=O)c2cc3c(s2)CCC3)CC1)N1CCCCCC1. The Morgan fingerprint density at radius 2 is 1.58 bits per heavy atom. The lowest BCUT2D eigenvalue weighted by atomic mass is 10.2. The number of carbonyl (C=O) groups is 2. The lowest BCUT2D eigenvalue weighted by molar-refractivity contribution is -0.132. The van der Waals surface area contributed by atoms with Crippen molar-refractivity contribution in [3.63, 3.8) is 0 Å². The number of thiophene rings is 1. The van der Waals surface area contributed by atoms with E-state index in [2.05, 4.69) is 11.0 Å². The summed E-state index contributed by atoms with van der Waals surface area (Å²) in [4.78, 5) is 33.8. The molecule has 142 valence electrons. The highest BCUT2D eigenvalue weighted by Crippen LogP contribution is 2.31. The van der Waals surface area contributed by atoms with Crippen molar-refractivity contribution in [3.8, 4) is 0 Å². The van der Waals surface area contributed by atoms with Gasteiger partial charge in [-0.25, -0.2) is 0 Å². The summed E-state index contributed by atoms with van der Waals surface area (Å²) in [5, 5.41) is 0. The molecule has 0 saturated carbocycles. The van der Waals surface area contributed by atoms with Crippen LogP contribution in [0.2, 0.25) is 0 Å². The Labute approximate surface area is 159 Å². The minimum Gasteiger partial charge on any atom is -0.342 e. The van der Waals surface area contributed by atoms with Gasteiger partial charge in [-0.05, 0) is 43.7 Å². The molecule has 2 aliphatic heterocycles. The molecule has 2 saturated heterocycles. The van der Waals surface area contributed by atoms with Crippen LogP contribution in [0, 0.1) is 0 Å². The number of likely N-dealkylation sites (tertiary alicyclic amines) is 1. The van der Waals surface area contributed by atoms with Gasteiger partial charge in [0.2, 0.25) is 5.91 Å². The molecule has 0 radical (unpaired) electrons. The molecule has 1 aromatic heterocycles. The third-order valence-corrected chi connectivity index (χ3v) is 7.16. The van der Waals surface area contributed by atoms with E-state index in [0.29, 0.717) is 6.54 Å².